The van der Waals surface area contributed by atoms with Crippen LogP contribution in [0.5, 0.6) is 0 Å². The summed E-state index contributed by atoms with van der Waals surface area (Å²) in [5, 5.41) is 5.30. The van der Waals surface area contributed by atoms with Crippen molar-refractivity contribution >= 4 is 17.4 Å². The summed E-state index contributed by atoms with van der Waals surface area (Å²) < 4.78 is 1.78. The number of anilines is 1. The highest BCUT2D eigenvalue weighted by Gasteiger charge is 2.10. The lowest BCUT2D eigenvalue weighted by atomic mass is 10.1. The lowest BCUT2D eigenvalue weighted by molar-refractivity contribution is 0.683. The van der Waals surface area contributed by atoms with Gasteiger partial charge in [0.2, 0.25) is 0 Å². The van der Waals surface area contributed by atoms with Crippen molar-refractivity contribution in [2.75, 3.05) is 5.73 Å². The van der Waals surface area contributed by atoms with E-state index < -0.39 is 0 Å². The first-order valence-electron chi connectivity index (χ1n) is 5.03. The lowest BCUT2D eigenvalue weighted by Crippen LogP contribution is -1.96. The average molecular weight is 234 g/mol. The standard InChI is InChI=1S/C11H14N4S/c1-8(9-3-5-10(12)6-4-9)16-11-13-7-14-15(11)2/h3-8H,12H2,1-2H3. The largest absolute Gasteiger partial charge is 0.399 e. The molecule has 2 aromatic rings. The molecule has 1 heterocycles. The molecule has 5 heteroatoms. The first kappa shape index (κ1) is 11.0. The zero-order valence-electron chi connectivity index (χ0n) is 9.29. The maximum Gasteiger partial charge on any atom is 0.186 e. The number of nitrogen functional groups attached to an aromatic ring is 1. The normalized spacial score (nSPS) is 12.6. The summed E-state index contributed by atoms with van der Waals surface area (Å²) in [6, 6.07) is 7.93. The van der Waals surface area contributed by atoms with Gasteiger partial charge in [-0.3, -0.25) is 0 Å². The van der Waals surface area contributed by atoms with Gasteiger partial charge in [-0.2, -0.15) is 5.10 Å². The minimum absolute atomic E-state index is 0.337. The molecule has 2 N–H and O–H groups in total. The van der Waals surface area contributed by atoms with Gasteiger partial charge in [0.1, 0.15) is 6.33 Å². The molecule has 1 unspecified atom stereocenters. The van der Waals surface area contributed by atoms with Crippen molar-refractivity contribution in [2.24, 2.45) is 7.05 Å². The van der Waals surface area contributed by atoms with E-state index >= 15 is 0 Å². The Morgan fingerprint density at radius 1 is 1.31 bits per heavy atom. The summed E-state index contributed by atoms with van der Waals surface area (Å²) in [7, 11) is 1.89. The molecule has 0 spiro atoms. The van der Waals surface area contributed by atoms with Crippen molar-refractivity contribution in [3.05, 3.63) is 36.2 Å². The number of nitrogens with zero attached hydrogens (tertiary/aromatic N) is 3. The van der Waals surface area contributed by atoms with Crippen LogP contribution in [0.25, 0.3) is 0 Å². The second kappa shape index (κ2) is 4.57. The van der Waals surface area contributed by atoms with Gasteiger partial charge in [-0.25, -0.2) is 9.67 Å². The van der Waals surface area contributed by atoms with Gasteiger partial charge in [-0.1, -0.05) is 23.9 Å². The highest BCUT2D eigenvalue weighted by molar-refractivity contribution is 7.99. The summed E-state index contributed by atoms with van der Waals surface area (Å²) in [6.07, 6.45) is 1.57. The minimum Gasteiger partial charge on any atom is -0.399 e. The number of benzene rings is 1. The molecule has 2 rings (SSSR count). The van der Waals surface area contributed by atoms with E-state index in [1.165, 1.54) is 5.56 Å². The van der Waals surface area contributed by atoms with E-state index in [0.717, 1.165) is 10.8 Å². The van der Waals surface area contributed by atoms with Crippen molar-refractivity contribution in [3.8, 4) is 0 Å². The van der Waals surface area contributed by atoms with Gasteiger partial charge in [0.25, 0.3) is 0 Å². The Bertz CT molecular complexity index is 463. The van der Waals surface area contributed by atoms with Crippen LogP contribution in [0.3, 0.4) is 0 Å². The number of hydrogen-bond donors (Lipinski definition) is 1. The van der Waals surface area contributed by atoms with Crippen LogP contribution >= 0.6 is 11.8 Å². The molecule has 4 nitrogen and oxygen atoms in total. The molecule has 0 bridgehead atoms. The molecular formula is C11H14N4S. The van der Waals surface area contributed by atoms with Crippen LogP contribution in [0.15, 0.2) is 35.7 Å². The number of aromatic nitrogens is 3. The third kappa shape index (κ3) is 2.36. The number of rotatable bonds is 3. The van der Waals surface area contributed by atoms with Crippen LogP contribution in [0.4, 0.5) is 5.69 Å². The van der Waals surface area contributed by atoms with E-state index in [-0.39, 0.29) is 0 Å². The first-order chi connectivity index (χ1) is 7.66. The van der Waals surface area contributed by atoms with Gasteiger partial charge < -0.3 is 5.73 Å². The summed E-state index contributed by atoms with van der Waals surface area (Å²) in [5.41, 5.74) is 7.68. The highest BCUT2D eigenvalue weighted by atomic mass is 32.2. The average Bonchev–Trinajstić information content (AvgIpc) is 2.65. The van der Waals surface area contributed by atoms with Gasteiger partial charge >= 0.3 is 0 Å². The smallest absolute Gasteiger partial charge is 0.186 e. The van der Waals surface area contributed by atoms with Crippen LogP contribution in [0.2, 0.25) is 0 Å². The number of aryl methyl sites for hydroxylation is 1. The number of nitrogens with two attached hydrogens (primary N) is 1. The molecule has 0 aliphatic carbocycles. The Hall–Kier alpha value is -1.49. The minimum atomic E-state index is 0.337. The SMILES string of the molecule is CC(Sc1ncnn1C)c1ccc(N)cc1. The molecule has 0 radical (unpaired) electrons. The van der Waals surface area contributed by atoms with Crippen molar-refractivity contribution in [1.29, 1.82) is 0 Å². The van der Waals surface area contributed by atoms with Crippen LogP contribution in [0, 0.1) is 0 Å². The van der Waals surface area contributed by atoms with E-state index in [1.807, 2.05) is 31.3 Å². The molecule has 0 saturated carbocycles. The molecule has 1 aromatic carbocycles. The Kier molecular flexibility index (Phi) is 3.14. The van der Waals surface area contributed by atoms with Gasteiger partial charge in [-0.05, 0) is 24.6 Å². The predicted molar refractivity (Wildman–Crippen MR) is 66.1 cm³/mol. The van der Waals surface area contributed by atoms with Crippen molar-refractivity contribution < 1.29 is 0 Å². The second-order valence-electron chi connectivity index (χ2n) is 3.59. The molecule has 1 aromatic heterocycles. The molecular weight excluding hydrogens is 220 g/mol. The molecule has 1 atom stereocenters. The van der Waals surface area contributed by atoms with Crippen LogP contribution < -0.4 is 5.73 Å². The summed E-state index contributed by atoms with van der Waals surface area (Å²) in [5.74, 6) is 0. The first-order valence-corrected chi connectivity index (χ1v) is 5.91. The Balaban J connectivity index is 2.11. The maximum absolute atomic E-state index is 5.65. The number of hydrogen-bond acceptors (Lipinski definition) is 4. The molecule has 0 amide bonds. The fourth-order valence-corrected chi connectivity index (χ4v) is 2.30. The van der Waals surface area contributed by atoms with Crippen molar-refractivity contribution in [3.63, 3.8) is 0 Å². The molecule has 0 aliphatic heterocycles. The molecule has 16 heavy (non-hydrogen) atoms. The van der Waals surface area contributed by atoms with Gasteiger partial charge in [0.05, 0.1) is 0 Å². The Morgan fingerprint density at radius 2 is 2.00 bits per heavy atom. The van der Waals surface area contributed by atoms with E-state index in [9.17, 15) is 0 Å². The van der Waals surface area contributed by atoms with Crippen LogP contribution in [0.1, 0.15) is 17.7 Å². The third-order valence-electron chi connectivity index (χ3n) is 2.36. The van der Waals surface area contributed by atoms with Gasteiger partial charge in [0.15, 0.2) is 5.16 Å². The molecule has 0 saturated heterocycles. The molecule has 84 valence electrons. The van der Waals surface area contributed by atoms with E-state index in [1.54, 1.807) is 22.8 Å². The van der Waals surface area contributed by atoms with E-state index in [2.05, 4.69) is 17.0 Å². The fraction of sp³-hybridized carbons (Fsp3) is 0.273. The van der Waals surface area contributed by atoms with Crippen LogP contribution in [-0.4, -0.2) is 14.8 Å². The topological polar surface area (TPSA) is 56.7 Å². The highest BCUT2D eigenvalue weighted by Crippen LogP contribution is 2.33. The quantitative estimate of drug-likeness (QED) is 0.653. The molecule has 0 fully saturated rings. The van der Waals surface area contributed by atoms with Crippen molar-refractivity contribution in [1.82, 2.24) is 14.8 Å². The van der Waals surface area contributed by atoms with E-state index in [0.29, 0.717) is 5.25 Å². The van der Waals surface area contributed by atoms with Crippen molar-refractivity contribution in [2.45, 2.75) is 17.3 Å². The second-order valence-corrected chi connectivity index (χ2v) is 4.90. The molecule has 0 aliphatic rings. The summed E-state index contributed by atoms with van der Waals surface area (Å²) in [4.78, 5) is 4.19. The van der Waals surface area contributed by atoms with E-state index in [4.69, 9.17) is 5.73 Å². The number of thioether (sulfide) groups is 1. The van der Waals surface area contributed by atoms with Crippen LogP contribution in [-0.2, 0) is 7.05 Å². The Labute approximate surface area is 98.9 Å². The third-order valence-corrected chi connectivity index (χ3v) is 3.56. The lowest BCUT2D eigenvalue weighted by Gasteiger charge is -2.10. The maximum atomic E-state index is 5.65. The predicted octanol–water partition coefficient (Wildman–Crippen LogP) is 2.25. The van der Waals surface area contributed by atoms with Gasteiger partial charge in [0, 0.05) is 18.0 Å². The Morgan fingerprint density at radius 3 is 2.56 bits per heavy atom. The monoisotopic (exact) mass is 234 g/mol. The summed E-state index contributed by atoms with van der Waals surface area (Å²) in [6.45, 7) is 2.14. The fourth-order valence-electron chi connectivity index (χ4n) is 1.39. The zero-order chi connectivity index (χ0) is 11.5. The summed E-state index contributed by atoms with van der Waals surface area (Å²) >= 11 is 1.68. The zero-order valence-corrected chi connectivity index (χ0v) is 10.1. The van der Waals surface area contributed by atoms with Gasteiger partial charge in [-0.15, -0.1) is 0 Å².